The van der Waals surface area contributed by atoms with Crippen LogP contribution < -0.4 is 9.62 Å². The van der Waals surface area contributed by atoms with Crippen LogP contribution >= 0.6 is 0 Å². The van der Waals surface area contributed by atoms with Gasteiger partial charge in [0.2, 0.25) is 21.8 Å². The number of hydrogen-bond donors (Lipinski definition) is 1. The summed E-state index contributed by atoms with van der Waals surface area (Å²) in [6, 6.07) is 11.7. The molecule has 0 saturated carbocycles. The van der Waals surface area contributed by atoms with Crippen molar-refractivity contribution in [3.8, 4) is 0 Å². The third-order valence-electron chi connectivity index (χ3n) is 5.11. The summed E-state index contributed by atoms with van der Waals surface area (Å²) in [6.45, 7) is 5.47. The molecule has 7 nitrogen and oxygen atoms in total. The lowest BCUT2D eigenvalue weighted by Gasteiger charge is -2.33. The second-order valence-electron chi connectivity index (χ2n) is 7.52. The first-order chi connectivity index (χ1) is 15.1. The average molecular weight is 464 g/mol. The number of hydrogen-bond acceptors (Lipinski definition) is 4. The molecule has 174 valence electrons. The number of rotatable bonds is 10. The van der Waals surface area contributed by atoms with Gasteiger partial charge in [-0.2, -0.15) is 0 Å². The first-order valence-corrected chi connectivity index (χ1v) is 12.3. The molecular formula is C23H30FN3O4S. The summed E-state index contributed by atoms with van der Waals surface area (Å²) in [5, 5.41) is 2.74. The molecule has 1 atom stereocenters. The quantitative estimate of drug-likeness (QED) is 0.587. The standard InChI is InChI=1S/C23H30FN3O4S/c1-5-21(23(29)25-6-2)26(15-18-11-8-7-10-17(18)3)22(28)16-27(32(4,30)31)20-13-9-12-19(24)14-20/h7-14,21H,5-6,15-16H2,1-4H3,(H,25,29)/t21-/m0/s1. The average Bonchev–Trinajstić information content (AvgIpc) is 2.72. The van der Waals surface area contributed by atoms with Gasteiger partial charge in [-0.15, -0.1) is 0 Å². The summed E-state index contributed by atoms with van der Waals surface area (Å²) >= 11 is 0. The first-order valence-electron chi connectivity index (χ1n) is 10.4. The van der Waals surface area contributed by atoms with E-state index in [1.807, 2.05) is 31.2 Å². The zero-order chi connectivity index (χ0) is 23.9. The molecule has 0 aromatic heterocycles. The van der Waals surface area contributed by atoms with Gasteiger partial charge in [0.25, 0.3) is 0 Å². The van der Waals surface area contributed by atoms with E-state index in [-0.39, 0.29) is 18.1 Å². The molecule has 2 rings (SSSR count). The van der Waals surface area contributed by atoms with Crippen LogP contribution in [0.3, 0.4) is 0 Å². The molecule has 2 aromatic rings. The van der Waals surface area contributed by atoms with E-state index in [4.69, 9.17) is 0 Å². The second-order valence-corrected chi connectivity index (χ2v) is 9.42. The van der Waals surface area contributed by atoms with E-state index in [2.05, 4.69) is 5.32 Å². The van der Waals surface area contributed by atoms with Gasteiger partial charge in [-0.1, -0.05) is 37.3 Å². The summed E-state index contributed by atoms with van der Waals surface area (Å²) in [7, 11) is -3.89. The lowest BCUT2D eigenvalue weighted by molar-refractivity contribution is -0.140. The lowest BCUT2D eigenvalue weighted by atomic mass is 10.1. The molecule has 9 heteroatoms. The van der Waals surface area contributed by atoms with Gasteiger partial charge in [0.1, 0.15) is 18.4 Å². The lowest BCUT2D eigenvalue weighted by Crippen LogP contribution is -2.52. The zero-order valence-corrected chi connectivity index (χ0v) is 19.7. The maximum Gasteiger partial charge on any atom is 0.244 e. The molecule has 0 fully saturated rings. The van der Waals surface area contributed by atoms with Crippen LogP contribution in [0.2, 0.25) is 0 Å². The summed E-state index contributed by atoms with van der Waals surface area (Å²) in [5.41, 5.74) is 1.84. The Morgan fingerprint density at radius 3 is 2.34 bits per heavy atom. The van der Waals surface area contributed by atoms with Crippen LogP contribution in [0.15, 0.2) is 48.5 Å². The van der Waals surface area contributed by atoms with Crippen molar-refractivity contribution in [3.05, 3.63) is 65.5 Å². The Bertz CT molecular complexity index is 1060. The van der Waals surface area contributed by atoms with E-state index >= 15 is 0 Å². The predicted molar refractivity (Wildman–Crippen MR) is 123 cm³/mol. The molecule has 2 aromatic carbocycles. The number of benzene rings is 2. The van der Waals surface area contributed by atoms with Crippen molar-refractivity contribution in [1.29, 1.82) is 0 Å². The number of likely N-dealkylation sites (N-methyl/N-ethyl adjacent to an activating group) is 1. The summed E-state index contributed by atoms with van der Waals surface area (Å²) < 4.78 is 39.5. The fourth-order valence-corrected chi connectivity index (χ4v) is 4.27. The molecule has 1 N–H and O–H groups in total. The third kappa shape index (κ3) is 6.53. The van der Waals surface area contributed by atoms with Crippen molar-refractivity contribution in [3.63, 3.8) is 0 Å². The molecule has 0 radical (unpaired) electrons. The predicted octanol–water partition coefficient (Wildman–Crippen LogP) is 2.84. The Morgan fingerprint density at radius 1 is 1.09 bits per heavy atom. The number of carbonyl (C=O) groups is 2. The van der Waals surface area contributed by atoms with Gasteiger partial charge in [0.15, 0.2) is 0 Å². The van der Waals surface area contributed by atoms with Crippen LogP contribution in [0.4, 0.5) is 10.1 Å². The fraction of sp³-hybridized carbons (Fsp3) is 0.391. The van der Waals surface area contributed by atoms with Crippen LogP contribution in [0.25, 0.3) is 0 Å². The molecule has 0 spiro atoms. The van der Waals surface area contributed by atoms with Crippen molar-refractivity contribution in [2.75, 3.05) is 23.7 Å². The summed E-state index contributed by atoms with van der Waals surface area (Å²) in [6.07, 6.45) is 1.31. The monoisotopic (exact) mass is 463 g/mol. The minimum Gasteiger partial charge on any atom is -0.355 e. The normalized spacial score (nSPS) is 12.2. The number of anilines is 1. The van der Waals surface area contributed by atoms with Crippen molar-refractivity contribution >= 4 is 27.5 Å². The Hall–Kier alpha value is -2.94. The Morgan fingerprint density at radius 2 is 1.78 bits per heavy atom. The van der Waals surface area contributed by atoms with E-state index in [1.54, 1.807) is 13.8 Å². The highest BCUT2D eigenvalue weighted by atomic mass is 32.2. The largest absolute Gasteiger partial charge is 0.355 e. The van der Waals surface area contributed by atoms with E-state index in [9.17, 15) is 22.4 Å². The Balaban J connectivity index is 2.45. The van der Waals surface area contributed by atoms with E-state index in [1.165, 1.54) is 23.1 Å². The number of carbonyl (C=O) groups excluding carboxylic acids is 2. The highest BCUT2D eigenvalue weighted by Crippen LogP contribution is 2.21. The molecule has 0 heterocycles. The molecule has 0 aliphatic heterocycles. The number of aryl methyl sites for hydroxylation is 1. The summed E-state index contributed by atoms with van der Waals surface area (Å²) in [5.74, 6) is -1.48. The zero-order valence-electron chi connectivity index (χ0n) is 18.8. The topological polar surface area (TPSA) is 86.8 Å². The van der Waals surface area contributed by atoms with Crippen molar-refractivity contribution in [1.82, 2.24) is 10.2 Å². The summed E-state index contributed by atoms with van der Waals surface area (Å²) in [4.78, 5) is 27.5. The molecule has 0 bridgehead atoms. The molecule has 0 unspecified atom stereocenters. The fourth-order valence-electron chi connectivity index (χ4n) is 3.43. The number of sulfonamides is 1. The highest BCUT2D eigenvalue weighted by molar-refractivity contribution is 7.92. The SMILES string of the molecule is CCNC(=O)[C@H](CC)N(Cc1ccccc1C)C(=O)CN(c1cccc(F)c1)S(C)(=O)=O. The minimum atomic E-state index is -3.89. The highest BCUT2D eigenvalue weighted by Gasteiger charge is 2.31. The van der Waals surface area contributed by atoms with Gasteiger partial charge in [-0.3, -0.25) is 13.9 Å². The van der Waals surface area contributed by atoms with Gasteiger partial charge in [-0.25, -0.2) is 12.8 Å². The van der Waals surface area contributed by atoms with Gasteiger partial charge < -0.3 is 10.2 Å². The molecule has 2 amide bonds. The number of halogens is 1. The van der Waals surface area contributed by atoms with Gasteiger partial charge in [0.05, 0.1) is 11.9 Å². The second kappa shape index (κ2) is 11.1. The van der Waals surface area contributed by atoms with Crippen LogP contribution in [0.1, 0.15) is 31.4 Å². The smallest absolute Gasteiger partial charge is 0.244 e. The van der Waals surface area contributed by atoms with Gasteiger partial charge in [-0.05, 0) is 49.6 Å². The van der Waals surface area contributed by atoms with Crippen molar-refractivity contribution < 1.29 is 22.4 Å². The van der Waals surface area contributed by atoms with E-state index in [0.29, 0.717) is 13.0 Å². The number of amides is 2. The number of nitrogens with zero attached hydrogens (tertiary/aromatic N) is 2. The van der Waals surface area contributed by atoms with Crippen LogP contribution in [0, 0.1) is 12.7 Å². The van der Waals surface area contributed by atoms with Crippen LogP contribution in [-0.4, -0.2) is 50.5 Å². The third-order valence-corrected chi connectivity index (χ3v) is 6.25. The van der Waals surface area contributed by atoms with E-state index < -0.39 is 34.3 Å². The minimum absolute atomic E-state index is 0.0442. The maximum atomic E-state index is 13.7. The van der Waals surface area contributed by atoms with Crippen LogP contribution in [-0.2, 0) is 26.2 Å². The van der Waals surface area contributed by atoms with Crippen LogP contribution in [0.5, 0.6) is 0 Å². The van der Waals surface area contributed by atoms with Gasteiger partial charge >= 0.3 is 0 Å². The molecule has 0 aliphatic carbocycles. The van der Waals surface area contributed by atoms with Crippen molar-refractivity contribution in [2.24, 2.45) is 0 Å². The molecule has 0 aliphatic rings. The molecule has 0 saturated heterocycles. The first kappa shape index (κ1) is 25.3. The Kier molecular flexibility index (Phi) is 8.77. The molecular weight excluding hydrogens is 433 g/mol. The van der Waals surface area contributed by atoms with Crippen molar-refractivity contribution in [2.45, 2.75) is 39.8 Å². The van der Waals surface area contributed by atoms with E-state index in [0.717, 1.165) is 27.8 Å². The van der Waals surface area contributed by atoms with Gasteiger partial charge in [0, 0.05) is 13.1 Å². The Labute approximate surface area is 189 Å². The number of nitrogens with one attached hydrogen (secondary N) is 1. The molecule has 32 heavy (non-hydrogen) atoms. The maximum absolute atomic E-state index is 13.7.